The van der Waals surface area contributed by atoms with Crippen LogP contribution < -0.4 is 5.32 Å². The highest BCUT2D eigenvalue weighted by molar-refractivity contribution is 5.77. The van der Waals surface area contributed by atoms with E-state index in [4.69, 9.17) is 5.11 Å². The minimum absolute atomic E-state index is 0.416. The fourth-order valence-electron chi connectivity index (χ4n) is 1.57. The Bertz CT molecular complexity index is 561. The number of nitrogens with zero attached hydrogens (tertiary/aromatic N) is 2. The summed E-state index contributed by atoms with van der Waals surface area (Å²) in [5.74, 6) is -0.880. The van der Waals surface area contributed by atoms with Crippen LogP contribution in [0, 0.1) is 0 Å². The van der Waals surface area contributed by atoms with Crippen LogP contribution in [-0.4, -0.2) is 26.4 Å². The minimum Gasteiger partial charge on any atom is -0.480 e. The van der Waals surface area contributed by atoms with Crippen LogP contribution in [0.3, 0.4) is 0 Å². The maximum Gasteiger partial charge on any atom is 0.323 e. The Morgan fingerprint density at radius 1 is 1.32 bits per heavy atom. The van der Waals surface area contributed by atoms with Gasteiger partial charge in [-0.3, -0.25) is 10.1 Å². The number of nitrogens with one attached hydrogen (secondary N) is 1. The fourth-order valence-corrected chi connectivity index (χ4v) is 1.57. The average Bonchev–Trinajstić information content (AvgIpc) is 2.86. The maximum absolute atomic E-state index is 11.0. The van der Waals surface area contributed by atoms with Crippen molar-refractivity contribution in [2.45, 2.75) is 25.9 Å². The first-order valence-electron chi connectivity index (χ1n) is 6.07. The Hall–Kier alpha value is -2.14. The summed E-state index contributed by atoms with van der Waals surface area (Å²) >= 11 is 0. The molecule has 2 N–H and O–H groups in total. The second-order valence-electron chi connectivity index (χ2n) is 4.87. The van der Waals surface area contributed by atoms with Gasteiger partial charge in [-0.1, -0.05) is 18.2 Å². The molecule has 5 heteroatoms. The number of rotatable bonds is 5. The molecule has 0 saturated carbocycles. The van der Waals surface area contributed by atoms with E-state index < -0.39 is 11.5 Å². The lowest BCUT2D eigenvalue weighted by Gasteiger charge is -2.20. The Balaban J connectivity index is 2.05. The molecule has 2 aromatic rings. The van der Waals surface area contributed by atoms with E-state index in [2.05, 4.69) is 10.4 Å². The summed E-state index contributed by atoms with van der Waals surface area (Å²) in [6.07, 6.45) is 1.86. The Morgan fingerprint density at radius 2 is 2.00 bits per heavy atom. The minimum atomic E-state index is -0.962. The monoisotopic (exact) mass is 259 g/mol. The number of carbonyl (C=O) groups is 1. The molecule has 0 radical (unpaired) electrons. The van der Waals surface area contributed by atoms with Crippen molar-refractivity contribution in [2.75, 3.05) is 0 Å². The van der Waals surface area contributed by atoms with E-state index in [1.807, 2.05) is 42.6 Å². The molecule has 0 spiro atoms. The first-order valence-corrected chi connectivity index (χ1v) is 6.07. The van der Waals surface area contributed by atoms with E-state index in [9.17, 15) is 4.79 Å². The zero-order valence-corrected chi connectivity index (χ0v) is 11.0. The third-order valence-corrected chi connectivity index (χ3v) is 2.91. The van der Waals surface area contributed by atoms with Crippen molar-refractivity contribution in [3.63, 3.8) is 0 Å². The number of hydrogen-bond donors (Lipinski definition) is 2. The smallest absolute Gasteiger partial charge is 0.323 e. The van der Waals surface area contributed by atoms with Crippen LogP contribution in [0.2, 0.25) is 0 Å². The molecule has 0 aliphatic rings. The zero-order valence-electron chi connectivity index (χ0n) is 11.0. The van der Waals surface area contributed by atoms with Crippen molar-refractivity contribution in [2.24, 2.45) is 0 Å². The molecule has 19 heavy (non-hydrogen) atoms. The van der Waals surface area contributed by atoms with Gasteiger partial charge >= 0.3 is 5.97 Å². The highest BCUT2D eigenvalue weighted by atomic mass is 16.4. The molecule has 0 amide bonds. The summed E-state index contributed by atoms with van der Waals surface area (Å²) < 4.78 is 1.77. The molecule has 2 rings (SSSR count). The van der Waals surface area contributed by atoms with Crippen molar-refractivity contribution < 1.29 is 9.90 Å². The molecule has 0 atom stereocenters. The maximum atomic E-state index is 11.0. The van der Waals surface area contributed by atoms with Gasteiger partial charge in [0.2, 0.25) is 0 Å². The van der Waals surface area contributed by atoms with Gasteiger partial charge in [-0.25, -0.2) is 4.68 Å². The molecule has 100 valence electrons. The van der Waals surface area contributed by atoms with Crippen LogP contribution in [0.4, 0.5) is 0 Å². The Labute approximate surface area is 111 Å². The quantitative estimate of drug-likeness (QED) is 0.859. The molecule has 5 nitrogen and oxygen atoms in total. The van der Waals surface area contributed by atoms with E-state index in [0.717, 1.165) is 11.4 Å². The fraction of sp³-hybridized carbons (Fsp3) is 0.286. The van der Waals surface area contributed by atoms with E-state index >= 15 is 0 Å². The summed E-state index contributed by atoms with van der Waals surface area (Å²) in [5.41, 5.74) is 0.820. The number of aromatic nitrogens is 2. The van der Waals surface area contributed by atoms with Crippen molar-refractivity contribution >= 4 is 5.97 Å². The number of para-hydroxylation sites is 1. The molecular formula is C14H17N3O2. The third kappa shape index (κ3) is 3.20. The van der Waals surface area contributed by atoms with Crippen molar-refractivity contribution in [1.82, 2.24) is 15.1 Å². The van der Waals surface area contributed by atoms with E-state index in [1.54, 1.807) is 18.5 Å². The van der Waals surface area contributed by atoms with Crippen molar-refractivity contribution in [1.29, 1.82) is 0 Å². The van der Waals surface area contributed by atoms with E-state index in [-0.39, 0.29) is 0 Å². The van der Waals surface area contributed by atoms with Gasteiger partial charge in [-0.05, 0) is 32.0 Å². The topological polar surface area (TPSA) is 67.2 Å². The molecule has 0 aliphatic carbocycles. The first-order chi connectivity index (χ1) is 8.99. The van der Waals surface area contributed by atoms with Crippen LogP contribution >= 0.6 is 0 Å². The van der Waals surface area contributed by atoms with E-state index in [0.29, 0.717) is 6.54 Å². The van der Waals surface area contributed by atoms with Gasteiger partial charge in [0.05, 0.1) is 11.4 Å². The number of hydrogen-bond acceptors (Lipinski definition) is 3. The number of aliphatic carboxylic acids is 1. The summed E-state index contributed by atoms with van der Waals surface area (Å²) in [7, 11) is 0. The lowest BCUT2D eigenvalue weighted by Crippen LogP contribution is -2.46. The van der Waals surface area contributed by atoms with Gasteiger partial charge in [-0.2, -0.15) is 5.10 Å². The van der Waals surface area contributed by atoms with E-state index in [1.165, 1.54) is 0 Å². The molecule has 0 aliphatic heterocycles. The average molecular weight is 259 g/mol. The highest BCUT2D eigenvalue weighted by Crippen LogP contribution is 2.08. The van der Waals surface area contributed by atoms with Crippen LogP contribution in [0.5, 0.6) is 0 Å². The second-order valence-corrected chi connectivity index (χ2v) is 4.87. The van der Waals surface area contributed by atoms with Crippen molar-refractivity contribution in [3.8, 4) is 5.69 Å². The normalized spacial score (nSPS) is 11.5. The van der Waals surface area contributed by atoms with Crippen molar-refractivity contribution in [3.05, 3.63) is 48.3 Å². The second kappa shape index (κ2) is 5.24. The summed E-state index contributed by atoms with van der Waals surface area (Å²) in [6.45, 7) is 3.67. The summed E-state index contributed by atoms with van der Waals surface area (Å²) in [4.78, 5) is 11.0. The molecule has 1 heterocycles. The number of carboxylic acid groups (broad SMARTS) is 1. The van der Waals surface area contributed by atoms with Crippen LogP contribution in [-0.2, 0) is 11.3 Å². The lowest BCUT2D eigenvalue weighted by molar-refractivity contribution is -0.143. The zero-order chi connectivity index (χ0) is 13.9. The predicted molar refractivity (Wildman–Crippen MR) is 72.1 cm³/mol. The molecule has 0 saturated heterocycles. The third-order valence-electron chi connectivity index (χ3n) is 2.91. The van der Waals surface area contributed by atoms with Gasteiger partial charge in [0.1, 0.15) is 5.54 Å². The number of carboxylic acids is 1. The standard InChI is InChI=1S/C14H17N3O2/c1-14(2,13(18)19)15-10-11-8-9-17(16-11)12-6-4-3-5-7-12/h3-9,15H,10H2,1-2H3,(H,18,19). The van der Waals surface area contributed by atoms with Gasteiger partial charge in [0, 0.05) is 12.7 Å². The van der Waals surface area contributed by atoms with Crippen LogP contribution in [0.1, 0.15) is 19.5 Å². The number of benzene rings is 1. The summed E-state index contributed by atoms with van der Waals surface area (Å²) in [6, 6.07) is 11.6. The lowest BCUT2D eigenvalue weighted by atomic mass is 10.1. The van der Waals surface area contributed by atoms with Gasteiger partial charge in [-0.15, -0.1) is 0 Å². The van der Waals surface area contributed by atoms with Gasteiger partial charge < -0.3 is 5.11 Å². The first kappa shape index (κ1) is 13.3. The largest absolute Gasteiger partial charge is 0.480 e. The van der Waals surface area contributed by atoms with Gasteiger partial charge in [0.25, 0.3) is 0 Å². The Morgan fingerprint density at radius 3 is 2.63 bits per heavy atom. The molecular weight excluding hydrogens is 242 g/mol. The summed E-state index contributed by atoms with van der Waals surface area (Å²) in [5, 5.41) is 16.4. The predicted octanol–water partition coefficient (Wildman–Crippen LogP) is 1.83. The molecule has 1 aromatic carbocycles. The van der Waals surface area contributed by atoms with Gasteiger partial charge in [0.15, 0.2) is 0 Å². The molecule has 0 bridgehead atoms. The van der Waals surface area contributed by atoms with Crippen LogP contribution in [0.15, 0.2) is 42.6 Å². The molecule has 0 fully saturated rings. The highest BCUT2D eigenvalue weighted by Gasteiger charge is 2.26. The molecule has 1 aromatic heterocycles. The SMILES string of the molecule is CC(C)(NCc1ccn(-c2ccccc2)n1)C(=O)O. The molecule has 0 unspecified atom stereocenters. The van der Waals surface area contributed by atoms with Crippen LogP contribution in [0.25, 0.3) is 5.69 Å². The Kier molecular flexibility index (Phi) is 3.66.